The van der Waals surface area contributed by atoms with Crippen molar-refractivity contribution < 1.29 is 9.09 Å². The third-order valence-corrected chi connectivity index (χ3v) is 0.413. The zero-order valence-corrected chi connectivity index (χ0v) is 4.43. The summed E-state index contributed by atoms with van der Waals surface area (Å²) in [5, 5.41) is 0. The fourth-order valence-corrected chi connectivity index (χ4v) is 0.172. The SMILES string of the molecule is C=C/C=C\C(=C)F.F. The molecule has 0 nitrogen and oxygen atoms in total. The van der Waals surface area contributed by atoms with E-state index in [9.17, 15) is 4.39 Å². The summed E-state index contributed by atoms with van der Waals surface area (Å²) in [5.74, 6) is -0.445. The van der Waals surface area contributed by atoms with Gasteiger partial charge in [-0.25, -0.2) is 4.39 Å². The van der Waals surface area contributed by atoms with Gasteiger partial charge >= 0.3 is 0 Å². The van der Waals surface area contributed by atoms with Crippen LogP contribution in [-0.2, 0) is 0 Å². The van der Waals surface area contributed by atoms with Crippen LogP contribution >= 0.6 is 0 Å². The molecule has 2 heteroatoms. The van der Waals surface area contributed by atoms with E-state index in [2.05, 4.69) is 13.2 Å². The van der Waals surface area contributed by atoms with Crippen molar-refractivity contribution in [3.05, 3.63) is 37.2 Å². The molecule has 0 N–H and O–H groups in total. The van der Waals surface area contributed by atoms with Crippen molar-refractivity contribution in [1.29, 1.82) is 0 Å². The molecule has 0 rings (SSSR count). The zero-order chi connectivity index (χ0) is 5.70. The molecule has 0 aliphatic rings. The van der Waals surface area contributed by atoms with Crippen LogP contribution in [0.1, 0.15) is 0 Å². The maximum absolute atomic E-state index is 11.6. The summed E-state index contributed by atoms with van der Waals surface area (Å²) in [5.41, 5.74) is 0. The van der Waals surface area contributed by atoms with Crippen LogP contribution in [-0.4, -0.2) is 0 Å². The first-order valence-corrected chi connectivity index (χ1v) is 1.91. The molecule has 0 heterocycles. The van der Waals surface area contributed by atoms with Crippen LogP contribution in [0.5, 0.6) is 0 Å². The molecule has 0 aromatic carbocycles. The third-order valence-electron chi connectivity index (χ3n) is 0.413. The van der Waals surface area contributed by atoms with Crippen LogP contribution < -0.4 is 0 Å². The molecule has 0 bridgehead atoms. The fourth-order valence-electron chi connectivity index (χ4n) is 0.172. The monoisotopic (exact) mass is 118 g/mol. The summed E-state index contributed by atoms with van der Waals surface area (Å²) in [6.07, 6.45) is 4.22. The molecule has 0 fully saturated rings. The molecule has 0 amide bonds. The van der Waals surface area contributed by atoms with E-state index in [1.54, 1.807) is 0 Å². The molecule has 0 aromatic rings. The molecule has 0 radical (unpaired) electrons. The molecule has 8 heavy (non-hydrogen) atoms. The van der Waals surface area contributed by atoms with E-state index in [0.717, 1.165) is 0 Å². The molecule has 0 spiro atoms. The van der Waals surface area contributed by atoms with Crippen molar-refractivity contribution in [2.24, 2.45) is 0 Å². The Kier molecular flexibility index (Phi) is 7.71. The maximum atomic E-state index is 11.6. The predicted octanol–water partition coefficient (Wildman–Crippen LogP) is 2.36. The second-order valence-corrected chi connectivity index (χ2v) is 1.04. The molecule has 46 valence electrons. The van der Waals surface area contributed by atoms with Crippen molar-refractivity contribution >= 4 is 0 Å². The number of hydrogen-bond donors (Lipinski definition) is 0. The Labute approximate surface area is 47.4 Å². The van der Waals surface area contributed by atoms with Crippen LogP contribution in [0.3, 0.4) is 0 Å². The second kappa shape index (κ2) is 6.08. The van der Waals surface area contributed by atoms with Gasteiger partial charge in [0.1, 0.15) is 5.83 Å². The Morgan fingerprint density at radius 2 is 2.00 bits per heavy atom. The van der Waals surface area contributed by atoms with Crippen molar-refractivity contribution in [2.75, 3.05) is 0 Å². The fraction of sp³-hybridized carbons (Fsp3) is 0. The van der Waals surface area contributed by atoms with Crippen LogP contribution in [0.25, 0.3) is 0 Å². The topological polar surface area (TPSA) is 0 Å². The van der Waals surface area contributed by atoms with E-state index in [0.29, 0.717) is 0 Å². The van der Waals surface area contributed by atoms with Gasteiger partial charge < -0.3 is 0 Å². The van der Waals surface area contributed by atoms with Gasteiger partial charge in [0.05, 0.1) is 0 Å². The molecule has 0 saturated carbocycles. The minimum atomic E-state index is -0.445. The summed E-state index contributed by atoms with van der Waals surface area (Å²) >= 11 is 0. The molecular formula is C6H8F2. The summed E-state index contributed by atoms with van der Waals surface area (Å²) in [7, 11) is 0. The Morgan fingerprint density at radius 3 is 2.12 bits per heavy atom. The van der Waals surface area contributed by atoms with E-state index in [1.165, 1.54) is 18.2 Å². The van der Waals surface area contributed by atoms with E-state index in [4.69, 9.17) is 0 Å². The standard InChI is InChI=1S/C6H7F.FH/c1-3-4-5-6(2)7;/h3-5H,1-2H2;1H/b5-4-;. The number of halogens is 2. The van der Waals surface area contributed by atoms with Crippen LogP contribution in [0.4, 0.5) is 9.09 Å². The molecule has 0 aliphatic carbocycles. The van der Waals surface area contributed by atoms with Gasteiger partial charge in [-0.15, -0.1) is 0 Å². The largest absolute Gasteiger partial charge is 0.269 e. The van der Waals surface area contributed by atoms with E-state index >= 15 is 0 Å². The Morgan fingerprint density at radius 1 is 1.50 bits per heavy atom. The van der Waals surface area contributed by atoms with Gasteiger partial charge in [-0.2, -0.15) is 0 Å². The van der Waals surface area contributed by atoms with Gasteiger partial charge in [0.2, 0.25) is 0 Å². The summed E-state index contributed by atoms with van der Waals surface area (Å²) in [6.45, 7) is 6.33. The van der Waals surface area contributed by atoms with Crippen molar-refractivity contribution in [2.45, 2.75) is 0 Å². The lowest BCUT2D eigenvalue weighted by molar-refractivity contribution is 0.671. The van der Waals surface area contributed by atoms with Gasteiger partial charge in [0.25, 0.3) is 0 Å². The lowest BCUT2D eigenvalue weighted by Gasteiger charge is -1.72. The molecule has 0 atom stereocenters. The van der Waals surface area contributed by atoms with Gasteiger partial charge in [0, 0.05) is 0 Å². The first-order valence-electron chi connectivity index (χ1n) is 1.91. The first kappa shape index (κ1) is 10.1. The molecule has 0 aromatic heterocycles. The average Bonchev–Trinajstić information content (AvgIpc) is 1.61. The van der Waals surface area contributed by atoms with Crippen molar-refractivity contribution in [1.82, 2.24) is 0 Å². The maximum Gasteiger partial charge on any atom is 0.116 e. The minimum Gasteiger partial charge on any atom is -0.269 e. The number of allylic oxidation sites excluding steroid dienone is 4. The van der Waals surface area contributed by atoms with Crippen molar-refractivity contribution in [3.63, 3.8) is 0 Å². The summed E-state index contributed by atoms with van der Waals surface area (Å²) in [4.78, 5) is 0. The summed E-state index contributed by atoms with van der Waals surface area (Å²) in [6, 6.07) is 0. The normalized spacial score (nSPS) is 8.12. The highest BCUT2D eigenvalue weighted by Crippen LogP contribution is 1.90. The lowest BCUT2D eigenvalue weighted by atomic mass is 10.5. The average molecular weight is 118 g/mol. The Bertz CT molecular complexity index is 103. The lowest BCUT2D eigenvalue weighted by Crippen LogP contribution is -1.52. The zero-order valence-electron chi connectivity index (χ0n) is 4.43. The van der Waals surface area contributed by atoms with E-state index in [-0.39, 0.29) is 4.70 Å². The van der Waals surface area contributed by atoms with Crippen molar-refractivity contribution in [3.8, 4) is 0 Å². The Balaban J connectivity index is 0. The van der Waals surface area contributed by atoms with Gasteiger partial charge in [-0.3, -0.25) is 4.70 Å². The molecule has 0 aliphatic heterocycles. The Hall–Kier alpha value is -0.920. The first-order chi connectivity index (χ1) is 3.27. The molecule has 0 unspecified atom stereocenters. The smallest absolute Gasteiger partial charge is 0.116 e. The van der Waals surface area contributed by atoms with Gasteiger partial charge in [-0.05, 0) is 6.08 Å². The third kappa shape index (κ3) is 8.91. The highest BCUT2D eigenvalue weighted by atomic mass is 19.1. The predicted molar refractivity (Wildman–Crippen MR) is 32.1 cm³/mol. The second-order valence-electron chi connectivity index (χ2n) is 1.04. The summed E-state index contributed by atoms with van der Waals surface area (Å²) < 4.78 is 11.6. The highest BCUT2D eigenvalue weighted by Gasteiger charge is 1.71. The minimum absolute atomic E-state index is 0. The number of rotatable bonds is 2. The number of hydrogen-bond acceptors (Lipinski definition) is 0. The molecule has 0 saturated heterocycles. The highest BCUT2D eigenvalue weighted by molar-refractivity contribution is 5.11. The van der Waals surface area contributed by atoms with Crippen LogP contribution in [0, 0.1) is 0 Å². The van der Waals surface area contributed by atoms with E-state index in [1.807, 2.05) is 0 Å². The van der Waals surface area contributed by atoms with Gasteiger partial charge in [-0.1, -0.05) is 25.3 Å². The molecular weight excluding hydrogens is 110 g/mol. The van der Waals surface area contributed by atoms with Crippen LogP contribution in [0.15, 0.2) is 37.2 Å². The van der Waals surface area contributed by atoms with Gasteiger partial charge in [0.15, 0.2) is 0 Å². The van der Waals surface area contributed by atoms with Crippen LogP contribution in [0.2, 0.25) is 0 Å². The quantitative estimate of drug-likeness (QED) is 0.488. The van der Waals surface area contributed by atoms with E-state index < -0.39 is 5.83 Å².